The Morgan fingerprint density at radius 3 is 2.44 bits per heavy atom. The van der Waals surface area contributed by atoms with E-state index in [0.717, 1.165) is 55.5 Å². The zero-order valence-corrected chi connectivity index (χ0v) is 22.0. The number of hydrogen-bond acceptors (Lipinski definition) is 2. The van der Waals surface area contributed by atoms with Crippen molar-refractivity contribution in [2.75, 3.05) is 6.54 Å². The molecule has 0 radical (unpaired) electrons. The molecule has 190 valence electrons. The topological polar surface area (TPSA) is 58.6 Å². The number of nitrogens with one attached hydrogen (secondary N) is 1. The van der Waals surface area contributed by atoms with Gasteiger partial charge < -0.3 is 10.6 Å². The van der Waals surface area contributed by atoms with Gasteiger partial charge in [-0.2, -0.15) is 0 Å². The minimum Gasteiger partial charge on any atom is -0.343 e. The average Bonchev–Trinajstić information content (AvgIpc) is 2.96. The Bertz CT molecular complexity index is 1150. The second-order valence-electron chi connectivity index (χ2n) is 11.1. The van der Waals surface area contributed by atoms with Gasteiger partial charge in [-0.3, -0.25) is 9.78 Å². The van der Waals surface area contributed by atoms with Crippen LogP contribution in [0, 0.1) is 11.8 Å². The average molecular weight is 485 g/mol. The predicted molar refractivity (Wildman–Crippen MR) is 147 cm³/mol. The first-order valence-electron chi connectivity index (χ1n) is 14.2. The summed E-state index contributed by atoms with van der Waals surface area (Å²) < 4.78 is 0. The van der Waals surface area contributed by atoms with Gasteiger partial charge in [0, 0.05) is 23.9 Å². The van der Waals surface area contributed by atoms with Crippen LogP contribution < -0.4 is 10.6 Å². The maximum Gasteiger partial charge on any atom is 0.231 e. The van der Waals surface area contributed by atoms with Gasteiger partial charge in [0.25, 0.3) is 0 Å². The highest BCUT2D eigenvalue weighted by atomic mass is 16.2. The number of nitrogens with two attached hydrogens (primary N) is 1. The molecule has 0 unspecified atom stereocenters. The van der Waals surface area contributed by atoms with Crippen LogP contribution in [0.15, 0.2) is 66.9 Å². The van der Waals surface area contributed by atoms with E-state index in [4.69, 9.17) is 0 Å². The molecule has 1 amide bonds. The second kappa shape index (κ2) is 11.1. The molecule has 2 fully saturated rings. The number of rotatable bonds is 7. The summed E-state index contributed by atoms with van der Waals surface area (Å²) in [7, 11) is 0. The van der Waals surface area contributed by atoms with E-state index >= 15 is 0 Å². The second-order valence-corrected chi connectivity index (χ2v) is 11.1. The Hall–Kier alpha value is -2.72. The lowest BCUT2D eigenvalue weighted by molar-refractivity contribution is -0.710. The summed E-state index contributed by atoms with van der Waals surface area (Å²) in [5.41, 5.74) is 2.94. The van der Waals surface area contributed by atoms with Gasteiger partial charge in [-0.1, -0.05) is 88.1 Å². The van der Waals surface area contributed by atoms with E-state index in [2.05, 4.69) is 84.1 Å². The van der Waals surface area contributed by atoms with Crippen molar-refractivity contribution in [2.45, 2.75) is 82.7 Å². The first kappa shape index (κ1) is 25.0. The van der Waals surface area contributed by atoms with Crippen LogP contribution in [0.25, 0.3) is 10.9 Å². The standard InChI is InChI=1S/C32H41N3O/c1-3-23-21-29(34-22-24(23)4-2)30(27-17-20-33-28-16-10-9-15-26(27)28)35-31(36)32(18-11-6-12-19-32)25-13-7-5-8-14-25/h5,7-10,13-17,20,23-24,29-30,34H,3-4,6,11-12,18-19,21-22H2,1-2H3,(H,35,36)/p+1/t23-,24-,29+,30+/m0/s1. The van der Waals surface area contributed by atoms with Gasteiger partial charge in [0.1, 0.15) is 12.1 Å². The molecule has 1 aromatic heterocycles. The van der Waals surface area contributed by atoms with E-state index in [0.29, 0.717) is 12.0 Å². The molecule has 1 aliphatic carbocycles. The summed E-state index contributed by atoms with van der Waals surface area (Å²) in [5, 5.41) is 7.36. The molecule has 4 heteroatoms. The summed E-state index contributed by atoms with van der Waals surface area (Å²) in [6.45, 7) is 5.79. The lowest BCUT2D eigenvalue weighted by Gasteiger charge is -2.41. The quantitative estimate of drug-likeness (QED) is 0.453. The van der Waals surface area contributed by atoms with E-state index in [1.54, 1.807) is 0 Å². The molecule has 0 spiro atoms. The highest BCUT2D eigenvalue weighted by Gasteiger charge is 2.44. The molecule has 5 rings (SSSR count). The minimum atomic E-state index is -0.439. The van der Waals surface area contributed by atoms with Crippen LogP contribution in [0.2, 0.25) is 0 Å². The van der Waals surface area contributed by atoms with Gasteiger partial charge in [-0.05, 0) is 48.4 Å². The Kier molecular flexibility index (Phi) is 7.71. The maximum absolute atomic E-state index is 14.4. The number of amides is 1. The van der Waals surface area contributed by atoms with Crippen molar-refractivity contribution in [3.8, 4) is 0 Å². The van der Waals surface area contributed by atoms with E-state index in [1.807, 2.05) is 12.3 Å². The van der Waals surface area contributed by atoms with Gasteiger partial charge in [-0.25, -0.2) is 0 Å². The van der Waals surface area contributed by atoms with Gasteiger partial charge >= 0.3 is 0 Å². The van der Waals surface area contributed by atoms with Crippen LogP contribution in [0.1, 0.15) is 82.4 Å². The van der Waals surface area contributed by atoms with Gasteiger partial charge in [-0.15, -0.1) is 0 Å². The SMILES string of the molecule is CC[C@H]1C[NH2+][C@@H]([C@H](NC(=O)C2(c3ccccc3)CCCCC2)c2ccnc3ccccc23)C[C@@H]1CC. The van der Waals surface area contributed by atoms with Crippen molar-refractivity contribution in [3.63, 3.8) is 0 Å². The molecule has 1 saturated carbocycles. The molecule has 1 saturated heterocycles. The van der Waals surface area contributed by atoms with Crippen LogP contribution in [0.4, 0.5) is 0 Å². The monoisotopic (exact) mass is 484 g/mol. The van der Waals surface area contributed by atoms with Crippen LogP contribution in [0.3, 0.4) is 0 Å². The molecule has 4 atom stereocenters. The molecule has 3 N–H and O–H groups in total. The Morgan fingerprint density at radius 2 is 1.69 bits per heavy atom. The summed E-state index contributed by atoms with van der Waals surface area (Å²) >= 11 is 0. The summed E-state index contributed by atoms with van der Waals surface area (Å²) in [5.74, 6) is 1.67. The number of fused-ring (bicyclic) bond motifs is 1. The number of piperidine rings is 1. The van der Waals surface area contributed by atoms with Crippen molar-refractivity contribution in [2.24, 2.45) is 11.8 Å². The van der Waals surface area contributed by atoms with Crippen LogP contribution in [-0.2, 0) is 10.2 Å². The van der Waals surface area contributed by atoms with E-state index in [-0.39, 0.29) is 11.9 Å². The van der Waals surface area contributed by atoms with Crippen molar-refractivity contribution < 1.29 is 10.1 Å². The predicted octanol–water partition coefficient (Wildman–Crippen LogP) is 5.68. The molecular formula is C32H42N3O+. The summed E-state index contributed by atoms with van der Waals surface area (Å²) in [6.07, 6.45) is 10.8. The number of pyridine rings is 1. The van der Waals surface area contributed by atoms with Crippen molar-refractivity contribution in [3.05, 3.63) is 78.0 Å². The number of hydrogen-bond donors (Lipinski definition) is 2. The van der Waals surface area contributed by atoms with Crippen LogP contribution in [-0.4, -0.2) is 23.5 Å². The number of carbonyl (C=O) groups excluding carboxylic acids is 1. The zero-order chi connectivity index (χ0) is 25.0. The third-order valence-electron chi connectivity index (χ3n) is 9.23. The Balaban J connectivity index is 1.54. The fraction of sp³-hybridized carbons (Fsp3) is 0.500. The molecule has 2 heterocycles. The lowest BCUT2D eigenvalue weighted by atomic mass is 9.68. The fourth-order valence-electron chi connectivity index (χ4n) is 7.10. The number of carbonyl (C=O) groups is 1. The van der Waals surface area contributed by atoms with Crippen molar-refractivity contribution in [1.82, 2.24) is 10.3 Å². The number of quaternary nitrogens is 1. The maximum atomic E-state index is 14.4. The Morgan fingerprint density at radius 1 is 0.972 bits per heavy atom. The molecule has 0 bridgehead atoms. The smallest absolute Gasteiger partial charge is 0.231 e. The number of benzene rings is 2. The molecular weight excluding hydrogens is 442 g/mol. The van der Waals surface area contributed by atoms with Crippen LogP contribution in [0.5, 0.6) is 0 Å². The van der Waals surface area contributed by atoms with Gasteiger partial charge in [0.15, 0.2) is 0 Å². The van der Waals surface area contributed by atoms with E-state index in [1.165, 1.54) is 30.4 Å². The first-order valence-corrected chi connectivity index (χ1v) is 14.2. The molecule has 3 aromatic rings. The van der Waals surface area contributed by atoms with Crippen LogP contribution >= 0.6 is 0 Å². The lowest BCUT2D eigenvalue weighted by Crippen LogP contribution is -2.95. The minimum absolute atomic E-state index is 0.0419. The molecule has 2 aliphatic rings. The number of nitrogens with zero attached hydrogens (tertiary/aromatic N) is 1. The zero-order valence-electron chi connectivity index (χ0n) is 22.0. The molecule has 36 heavy (non-hydrogen) atoms. The summed E-state index contributed by atoms with van der Waals surface area (Å²) in [6, 6.07) is 21.3. The molecule has 4 nitrogen and oxygen atoms in total. The van der Waals surface area contributed by atoms with Crippen molar-refractivity contribution >= 4 is 16.8 Å². The number of aromatic nitrogens is 1. The first-order chi connectivity index (χ1) is 17.7. The fourth-order valence-corrected chi connectivity index (χ4v) is 7.10. The molecule has 1 aliphatic heterocycles. The summed E-state index contributed by atoms with van der Waals surface area (Å²) in [4.78, 5) is 19.0. The highest BCUT2D eigenvalue weighted by molar-refractivity contribution is 5.90. The normalized spacial score (nSPS) is 24.8. The number of para-hydroxylation sites is 1. The third-order valence-corrected chi connectivity index (χ3v) is 9.23. The van der Waals surface area contributed by atoms with Crippen molar-refractivity contribution in [1.29, 1.82) is 0 Å². The molecule has 2 aromatic carbocycles. The highest BCUT2D eigenvalue weighted by Crippen LogP contribution is 2.41. The van der Waals surface area contributed by atoms with Gasteiger partial charge in [0.2, 0.25) is 5.91 Å². The Labute approximate surface area is 216 Å². The third kappa shape index (κ3) is 4.80. The van der Waals surface area contributed by atoms with E-state index in [9.17, 15) is 4.79 Å². The van der Waals surface area contributed by atoms with Gasteiger partial charge in [0.05, 0.1) is 17.5 Å². The largest absolute Gasteiger partial charge is 0.343 e. The van der Waals surface area contributed by atoms with E-state index < -0.39 is 5.41 Å².